The van der Waals surface area contributed by atoms with Crippen LogP contribution in [-0.2, 0) is 6.54 Å². The predicted molar refractivity (Wildman–Crippen MR) is 90.1 cm³/mol. The van der Waals surface area contributed by atoms with Gasteiger partial charge < -0.3 is 5.32 Å². The molecule has 0 saturated carbocycles. The van der Waals surface area contributed by atoms with E-state index in [2.05, 4.69) is 57.7 Å². The van der Waals surface area contributed by atoms with Gasteiger partial charge in [0.1, 0.15) is 11.0 Å². The van der Waals surface area contributed by atoms with Crippen LogP contribution in [-0.4, -0.2) is 16.2 Å². The van der Waals surface area contributed by atoms with Crippen molar-refractivity contribution >= 4 is 40.0 Å². The van der Waals surface area contributed by atoms with Crippen molar-refractivity contribution in [3.8, 4) is 0 Å². The average Bonchev–Trinajstić information content (AvgIpc) is 2.52. The van der Waals surface area contributed by atoms with E-state index in [4.69, 9.17) is 11.6 Å². The molecule has 106 valence electrons. The number of thioether (sulfide) groups is 1. The number of nitrogens with one attached hydrogen (secondary N) is 1. The minimum Gasteiger partial charge on any atom is -0.366 e. The van der Waals surface area contributed by atoms with Gasteiger partial charge in [-0.2, -0.15) is 0 Å². The van der Waals surface area contributed by atoms with E-state index < -0.39 is 0 Å². The van der Waals surface area contributed by atoms with Crippen molar-refractivity contribution in [2.24, 2.45) is 0 Å². The standard InChI is InChI=1S/C16H14ClN3S/c1-21-16-19-14(17)9-15(20-16)18-10-12-7-4-6-11-5-2-3-8-13(11)12/h2-9H,10H2,1H3,(H,18,19,20). The summed E-state index contributed by atoms with van der Waals surface area (Å²) in [5.41, 5.74) is 1.23. The summed E-state index contributed by atoms with van der Waals surface area (Å²) in [4.78, 5) is 8.54. The summed E-state index contributed by atoms with van der Waals surface area (Å²) in [5, 5.41) is 6.93. The van der Waals surface area contributed by atoms with E-state index in [1.807, 2.05) is 6.26 Å². The van der Waals surface area contributed by atoms with Gasteiger partial charge in [-0.3, -0.25) is 0 Å². The van der Waals surface area contributed by atoms with Crippen LogP contribution in [0.15, 0.2) is 53.7 Å². The first-order chi connectivity index (χ1) is 10.3. The van der Waals surface area contributed by atoms with Crippen LogP contribution in [0.25, 0.3) is 10.8 Å². The van der Waals surface area contributed by atoms with E-state index >= 15 is 0 Å². The van der Waals surface area contributed by atoms with Gasteiger partial charge >= 0.3 is 0 Å². The Kier molecular flexibility index (Phi) is 4.27. The highest BCUT2D eigenvalue weighted by Gasteiger charge is 2.04. The molecule has 0 spiro atoms. The van der Waals surface area contributed by atoms with E-state index in [1.165, 1.54) is 28.1 Å². The van der Waals surface area contributed by atoms with Crippen molar-refractivity contribution in [2.75, 3.05) is 11.6 Å². The fourth-order valence-electron chi connectivity index (χ4n) is 2.21. The Hall–Kier alpha value is -1.78. The molecule has 21 heavy (non-hydrogen) atoms. The van der Waals surface area contributed by atoms with Gasteiger partial charge in [-0.15, -0.1) is 0 Å². The number of rotatable bonds is 4. The molecule has 0 radical (unpaired) electrons. The van der Waals surface area contributed by atoms with Crippen LogP contribution in [0.1, 0.15) is 5.56 Å². The van der Waals surface area contributed by atoms with Crippen LogP contribution in [0.2, 0.25) is 5.15 Å². The zero-order valence-electron chi connectivity index (χ0n) is 11.5. The molecule has 0 aliphatic heterocycles. The van der Waals surface area contributed by atoms with Gasteiger partial charge in [0.25, 0.3) is 0 Å². The van der Waals surface area contributed by atoms with Crippen molar-refractivity contribution in [2.45, 2.75) is 11.7 Å². The monoisotopic (exact) mass is 315 g/mol. The molecule has 1 N–H and O–H groups in total. The predicted octanol–water partition coefficient (Wildman–Crippen LogP) is 4.62. The van der Waals surface area contributed by atoms with Crippen LogP contribution in [0.4, 0.5) is 5.82 Å². The highest BCUT2D eigenvalue weighted by molar-refractivity contribution is 7.98. The van der Waals surface area contributed by atoms with Crippen LogP contribution >= 0.6 is 23.4 Å². The highest BCUT2D eigenvalue weighted by atomic mass is 35.5. The minimum atomic E-state index is 0.453. The molecular formula is C16H14ClN3S. The molecule has 5 heteroatoms. The Morgan fingerprint density at radius 1 is 1.10 bits per heavy atom. The number of hydrogen-bond acceptors (Lipinski definition) is 4. The summed E-state index contributed by atoms with van der Waals surface area (Å²) in [6.07, 6.45) is 1.93. The number of nitrogens with zero attached hydrogens (tertiary/aromatic N) is 2. The number of aromatic nitrogens is 2. The molecule has 1 aromatic heterocycles. The Balaban J connectivity index is 1.85. The molecule has 3 aromatic rings. The lowest BCUT2D eigenvalue weighted by atomic mass is 10.0. The molecule has 3 rings (SSSR count). The van der Waals surface area contributed by atoms with Gasteiger partial charge in [-0.25, -0.2) is 9.97 Å². The van der Waals surface area contributed by atoms with Crippen molar-refractivity contribution in [1.82, 2.24) is 9.97 Å². The first kappa shape index (κ1) is 14.2. The lowest BCUT2D eigenvalue weighted by Gasteiger charge is -2.09. The fourth-order valence-corrected chi connectivity index (χ4v) is 2.82. The fraction of sp³-hybridized carbons (Fsp3) is 0.125. The van der Waals surface area contributed by atoms with Gasteiger partial charge in [-0.05, 0) is 22.6 Å². The Bertz CT molecular complexity index is 771. The smallest absolute Gasteiger partial charge is 0.190 e. The van der Waals surface area contributed by atoms with Gasteiger partial charge in [0, 0.05) is 12.6 Å². The first-order valence-corrected chi connectivity index (χ1v) is 8.15. The molecule has 0 aliphatic carbocycles. The number of hydrogen-bond donors (Lipinski definition) is 1. The second-order valence-corrected chi connectivity index (χ2v) is 5.72. The van der Waals surface area contributed by atoms with Crippen LogP contribution in [0, 0.1) is 0 Å². The second kappa shape index (κ2) is 6.33. The van der Waals surface area contributed by atoms with Crippen LogP contribution in [0.5, 0.6) is 0 Å². The molecule has 0 unspecified atom stereocenters. The molecule has 0 bridgehead atoms. The SMILES string of the molecule is CSc1nc(Cl)cc(NCc2cccc3ccccc23)n1. The molecule has 2 aromatic carbocycles. The highest BCUT2D eigenvalue weighted by Crippen LogP contribution is 2.21. The molecule has 0 saturated heterocycles. The van der Waals surface area contributed by atoms with Gasteiger partial charge in [-0.1, -0.05) is 65.8 Å². The molecule has 0 atom stereocenters. The largest absolute Gasteiger partial charge is 0.366 e. The number of halogens is 1. The van der Waals surface area contributed by atoms with E-state index in [1.54, 1.807) is 6.07 Å². The third-order valence-electron chi connectivity index (χ3n) is 3.20. The van der Waals surface area contributed by atoms with E-state index in [0.717, 1.165) is 5.82 Å². The summed E-state index contributed by atoms with van der Waals surface area (Å²) in [6.45, 7) is 0.697. The van der Waals surface area contributed by atoms with Gasteiger partial charge in [0.2, 0.25) is 0 Å². The zero-order chi connectivity index (χ0) is 14.7. The normalized spacial score (nSPS) is 10.8. The summed E-state index contributed by atoms with van der Waals surface area (Å²) < 4.78 is 0. The Labute approximate surface area is 132 Å². The third-order valence-corrected chi connectivity index (χ3v) is 3.94. The van der Waals surface area contributed by atoms with Crippen molar-refractivity contribution in [3.63, 3.8) is 0 Å². The second-order valence-electron chi connectivity index (χ2n) is 4.55. The topological polar surface area (TPSA) is 37.8 Å². The third kappa shape index (κ3) is 3.28. The quantitative estimate of drug-likeness (QED) is 0.433. The maximum absolute atomic E-state index is 6.00. The summed E-state index contributed by atoms with van der Waals surface area (Å²) >= 11 is 7.48. The van der Waals surface area contributed by atoms with Gasteiger partial charge in [0.05, 0.1) is 0 Å². The molecular weight excluding hydrogens is 302 g/mol. The van der Waals surface area contributed by atoms with E-state index in [9.17, 15) is 0 Å². The Morgan fingerprint density at radius 2 is 1.90 bits per heavy atom. The van der Waals surface area contributed by atoms with Crippen LogP contribution < -0.4 is 5.32 Å². The molecule has 1 heterocycles. The number of benzene rings is 2. The molecule has 3 nitrogen and oxygen atoms in total. The van der Waals surface area contributed by atoms with Crippen molar-refractivity contribution < 1.29 is 0 Å². The lowest BCUT2D eigenvalue weighted by molar-refractivity contribution is 0.958. The number of anilines is 1. The molecule has 0 amide bonds. The number of fused-ring (bicyclic) bond motifs is 1. The minimum absolute atomic E-state index is 0.453. The van der Waals surface area contributed by atoms with Crippen molar-refractivity contribution in [3.05, 3.63) is 59.2 Å². The zero-order valence-corrected chi connectivity index (χ0v) is 13.1. The summed E-state index contributed by atoms with van der Waals surface area (Å²) in [7, 11) is 0. The van der Waals surface area contributed by atoms with Crippen LogP contribution in [0.3, 0.4) is 0 Å². The van der Waals surface area contributed by atoms with Crippen molar-refractivity contribution in [1.29, 1.82) is 0 Å². The van der Waals surface area contributed by atoms with E-state index in [0.29, 0.717) is 16.9 Å². The average molecular weight is 316 g/mol. The molecule has 0 fully saturated rings. The Morgan fingerprint density at radius 3 is 2.76 bits per heavy atom. The van der Waals surface area contributed by atoms with Gasteiger partial charge in [0.15, 0.2) is 5.16 Å². The molecule has 0 aliphatic rings. The summed E-state index contributed by atoms with van der Waals surface area (Å²) in [5.74, 6) is 0.743. The van der Waals surface area contributed by atoms with E-state index in [-0.39, 0.29) is 0 Å². The maximum Gasteiger partial charge on any atom is 0.190 e. The lowest BCUT2D eigenvalue weighted by Crippen LogP contribution is -2.03. The first-order valence-electron chi connectivity index (χ1n) is 6.55. The maximum atomic E-state index is 6.00. The summed E-state index contributed by atoms with van der Waals surface area (Å²) in [6, 6.07) is 16.4.